The molecule has 0 unspecified atom stereocenters. The molecule has 2 aromatic heterocycles. The summed E-state index contributed by atoms with van der Waals surface area (Å²) in [7, 11) is 0. The first-order chi connectivity index (χ1) is 24.8. The first kappa shape index (κ1) is 28.4. The van der Waals surface area contributed by atoms with Crippen LogP contribution in [0.4, 0.5) is 0 Å². The lowest BCUT2D eigenvalue weighted by Crippen LogP contribution is -2.28. The molecule has 0 atom stereocenters. The van der Waals surface area contributed by atoms with Gasteiger partial charge in [0.25, 0.3) is 0 Å². The monoisotopic (exact) mass is 638 g/mol. The zero-order valence-corrected chi connectivity index (χ0v) is 27.1. The number of furan rings is 1. The fourth-order valence-corrected chi connectivity index (χ4v) is 7.99. The van der Waals surface area contributed by atoms with E-state index in [0.717, 1.165) is 44.4 Å². The van der Waals surface area contributed by atoms with E-state index in [1.54, 1.807) is 0 Å². The quantitative estimate of drug-likeness (QED) is 0.188. The predicted octanol–water partition coefficient (Wildman–Crippen LogP) is 11.7. The second-order valence-electron chi connectivity index (χ2n) is 12.9. The standard InChI is InChI=1S/C47H30N2O/c1-3-15-31(16-4-1)43-45-44(39-25-9-12-28-42(39)50-45)49-46(48-43)34-19-13-17-32(29-34)33-18-14-22-36(30-33)47(35-20-5-2-6-21-35)40-26-10-7-23-37(40)38-24-8-11-27-41(38)47/h1-30H. The number of para-hydroxylation sites is 1. The predicted molar refractivity (Wildman–Crippen MR) is 203 cm³/mol. The molecule has 50 heavy (non-hydrogen) atoms. The molecule has 10 rings (SSSR count). The molecular formula is C47H30N2O. The molecule has 3 nitrogen and oxygen atoms in total. The van der Waals surface area contributed by atoms with Gasteiger partial charge >= 0.3 is 0 Å². The van der Waals surface area contributed by atoms with Crippen LogP contribution in [0.5, 0.6) is 0 Å². The van der Waals surface area contributed by atoms with E-state index in [9.17, 15) is 0 Å². The maximum Gasteiger partial charge on any atom is 0.180 e. The van der Waals surface area contributed by atoms with Crippen molar-refractivity contribution in [3.05, 3.63) is 204 Å². The van der Waals surface area contributed by atoms with Gasteiger partial charge in [-0.25, -0.2) is 9.97 Å². The molecule has 0 fully saturated rings. The number of hydrogen-bond acceptors (Lipinski definition) is 3. The molecule has 0 spiro atoms. The molecule has 7 aromatic carbocycles. The second kappa shape index (κ2) is 11.3. The molecule has 1 aliphatic rings. The van der Waals surface area contributed by atoms with Crippen molar-refractivity contribution >= 4 is 22.1 Å². The lowest BCUT2D eigenvalue weighted by atomic mass is 9.67. The highest BCUT2D eigenvalue weighted by Crippen LogP contribution is 2.56. The third-order valence-electron chi connectivity index (χ3n) is 10.2. The summed E-state index contributed by atoms with van der Waals surface area (Å²) in [6.45, 7) is 0. The largest absolute Gasteiger partial charge is 0.452 e. The van der Waals surface area contributed by atoms with Gasteiger partial charge in [0, 0.05) is 16.5 Å². The Hall–Kier alpha value is -6.58. The average molecular weight is 639 g/mol. The maximum absolute atomic E-state index is 6.35. The van der Waals surface area contributed by atoms with Gasteiger partial charge in [0.05, 0.1) is 5.41 Å². The summed E-state index contributed by atoms with van der Waals surface area (Å²) < 4.78 is 6.35. The topological polar surface area (TPSA) is 38.9 Å². The Labute approximate surface area is 290 Å². The summed E-state index contributed by atoms with van der Waals surface area (Å²) in [6.07, 6.45) is 0. The highest BCUT2D eigenvalue weighted by atomic mass is 16.3. The van der Waals surface area contributed by atoms with Crippen LogP contribution < -0.4 is 0 Å². The van der Waals surface area contributed by atoms with Crippen molar-refractivity contribution in [3.63, 3.8) is 0 Å². The summed E-state index contributed by atoms with van der Waals surface area (Å²) in [5.74, 6) is 0.667. The van der Waals surface area contributed by atoms with E-state index in [-0.39, 0.29) is 0 Å². The van der Waals surface area contributed by atoms with E-state index in [1.165, 1.54) is 33.4 Å². The van der Waals surface area contributed by atoms with Gasteiger partial charge in [0.1, 0.15) is 16.8 Å². The van der Waals surface area contributed by atoms with Gasteiger partial charge in [0.2, 0.25) is 0 Å². The van der Waals surface area contributed by atoms with Gasteiger partial charge in [0.15, 0.2) is 11.4 Å². The van der Waals surface area contributed by atoms with Gasteiger partial charge in [-0.3, -0.25) is 0 Å². The van der Waals surface area contributed by atoms with Crippen molar-refractivity contribution in [1.29, 1.82) is 0 Å². The molecule has 2 heterocycles. The van der Waals surface area contributed by atoms with Crippen molar-refractivity contribution in [2.24, 2.45) is 0 Å². The first-order valence-electron chi connectivity index (χ1n) is 17.0. The molecule has 0 bridgehead atoms. The molecule has 1 aliphatic carbocycles. The van der Waals surface area contributed by atoms with Crippen LogP contribution in [0.25, 0.3) is 67.0 Å². The van der Waals surface area contributed by atoms with Gasteiger partial charge in [-0.2, -0.15) is 0 Å². The number of aromatic nitrogens is 2. The van der Waals surface area contributed by atoms with Crippen molar-refractivity contribution in [3.8, 4) is 44.9 Å². The number of benzene rings is 7. The van der Waals surface area contributed by atoms with E-state index >= 15 is 0 Å². The highest BCUT2D eigenvalue weighted by Gasteiger charge is 2.45. The number of fused-ring (bicyclic) bond motifs is 6. The Morgan fingerprint density at radius 3 is 1.74 bits per heavy atom. The molecule has 0 saturated carbocycles. The van der Waals surface area contributed by atoms with Crippen LogP contribution >= 0.6 is 0 Å². The minimum absolute atomic E-state index is 0.455. The van der Waals surface area contributed by atoms with Crippen LogP contribution in [0.1, 0.15) is 22.3 Å². The van der Waals surface area contributed by atoms with E-state index < -0.39 is 5.41 Å². The van der Waals surface area contributed by atoms with E-state index in [4.69, 9.17) is 14.4 Å². The zero-order valence-electron chi connectivity index (χ0n) is 27.1. The third-order valence-corrected chi connectivity index (χ3v) is 10.2. The van der Waals surface area contributed by atoms with Crippen LogP contribution in [0.15, 0.2) is 186 Å². The molecule has 0 saturated heterocycles. The Balaban J connectivity index is 1.16. The van der Waals surface area contributed by atoms with Crippen LogP contribution in [0.3, 0.4) is 0 Å². The van der Waals surface area contributed by atoms with Crippen LogP contribution in [-0.2, 0) is 5.41 Å². The van der Waals surface area contributed by atoms with E-state index in [2.05, 4.69) is 146 Å². The number of hydrogen-bond donors (Lipinski definition) is 0. The Morgan fingerprint density at radius 1 is 0.420 bits per heavy atom. The number of nitrogens with zero attached hydrogens (tertiary/aromatic N) is 2. The van der Waals surface area contributed by atoms with Crippen molar-refractivity contribution in [2.45, 2.75) is 5.41 Å². The average Bonchev–Trinajstić information content (AvgIpc) is 3.72. The molecule has 9 aromatic rings. The summed E-state index contributed by atoms with van der Waals surface area (Å²) in [5.41, 5.74) is 14.5. The SMILES string of the molecule is c1ccc(-c2nc(-c3cccc(-c4cccc(C5(c6ccccc6)c6ccccc6-c6ccccc65)c4)c3)nc3c2oc2ccccc23)cc1. The van der Waals surface area contributed by atoms with Crippen molar-refractivity contribution in [2.75, 3.05) is 0 Å². The molecule has 234 valence electrons. The highest BCUT2D eigenvalue weighted by molar-refractivity contribution is 6.07. The Bertz CT molecular complexity index is 2660. The maximum atomic E-state index is 6.35. The Kier molecular flexibility index (Phi) is 6.40. The van der Waals surface area contributed by atoms with Gasteiger partial charge < -0.3 is 4.42 Å². The summed E-state index contributed by atoms with van der Waals surface area (Å²) in [4.78, 5) is 10.3. The molecule has 0 N–H and O–H groups in total. The summed E-state index contributed by atoms with van der Waals surface area (Å²) in [5, 5.41) is 0.982. The minimum Gasteiger partial charge on any atom is -0.452 e. The first-order valence-corrected chi connectivity index (χ1v) is 17.0. The van der Waals surface area contributed by atoms with Gasteiger partial charge in [-0.05, 0) is 68.8 Å². The van der Waals surface area contributed by atoms with E-state index in [1.807, 2.05) is 36.4 Å². The van der Waals surface area contributed by atoms with Crippen LogP contribution in [0, 0.1) is 0 Å². The van der Waals surface area contributed by atoms with Crippen molar-refractivity contribution < 1.29 is 4.42 Å². The fraction of sp³-hybridized carbons (Fsp3) is 0.0213. The normalized spacial score (nSPS) is 13.0. The molecule has 0 radical (unpaired) electrons. The third kappa shape index (κ3) is 4.23. The van der Waals surface area contributed by atoms with E-state index in [0.29, 0.717) is 11.4 Å². The zero-order chi connectivity index (χ0) is 33.1. The van der Waals surface area contributed by atoms with Gasteiger partial charge in [-0.1, -0.05) is 158 Å². The minimum atomic E-state index is -0.455. The molecule has 3 heteroatoms. The molecule has 0 amide bonds. The Morgan fingerprint density at radius 2 is 0.980 bits per heavy atom. The second-order valence-corrected chi connectivity index (χ2v) is 12.9. The van der Waals surface area contributed by atoms with Crippen molar-refractivity contribution in [1.82, 2.24) is 9.97 Å². The molecular weight excluding hydrogens is 609 g/mol. The lowest BCUT2D eigenvalue weighted by molar-refractivity contribution is 0.667. The molecule has 0 aliphatic heterocycles. The van der Waals surface area contributed by atoms with Crippen LogP contribution in [-0.4, -0.2) is 9.97 Å². The lowest BCUT2D eigenvalue weighted by Gasteiger charge is -2.34. The van der Waals surface area contributed by atoms with Crippen LogP contribution in [0.2, 0.25) is 0 Å². The van der Waals surface area contributed by atoms with Gasteiger partial charge in [-0.15, -0.1) is 0 Å². The summed E-state index contributed by atoms with van der Waals surface area (Å²) >= 11 is 0. The fourth-order valence-electron chi connectivity index (χ4n) is 7.99. The smallest absolute Gasteiger partial charge is 0.180 e. The number of rotatable bonds is 5. The summed E-state index contributed by atoms with van der Waals surface area (Å²) in [6, 6.07) is 64.6.